The number of benzene rings is 3. The fraction of sp³-hybridized carbons (Fsp3) is 0.257. The first-order chi connectivity index (χ1) is 22.0. The van der Waals surface area contributed by atoms with Gasteiger partial charge in [-0.1, -0.05) is 92.3 Å². The van der Waals surface area contributed by atoms with Gasteiger partial charge in [-0.05, 0) is 47.7 Å². The SMILES string of the molecule is CC(C)[C@@H]1Cc2c(sc3c2c(=O)n(CCc2ccccc2)c2nnc(SCC(=O)N(c4ccccc4)c4ccccc4)n32)CO1. The van der Waals surface area contributed by atoms with E-state index >= 15 is 0 Å². The van der Waals surface area contributed by atoms with Crippen molar-refractivity contribution in [1.29, 1.82) is 0 Å². The maximum Gasteiger partial charge on any atom is 0.263 e. The maximum absolute atomic E-state index is 14.2. The average Bonchev–Trinajstić information content (AvgIpc) is 3.67. The molecule has 3 aromatic heterocycles. The van der Waals surface area contributed by atoms with Crippen LogP contribution in [0, 0.1) is 5.92 Å². The van der Waals surface area contributed by atoms with Gasteiger partial charge in [-0.3, -0.25) is 19.1 Å². The quantitative estimate of drug-likeness (QED) is 0.161. The van der Waals surface area contributed by atoms with Crippen molar-refractivity contribution in [3.63, 3.8) is 0 Å². The van der Waals surface area contributed by atoms with Gasteiger partial charge in [0.25, 0.3) is 5.56 Å². The van der Waals surface area contributed by atoms with Crippen molar-refractivity contribution >= 4 is 56.4 Å². The van der Waals surface area contributed by atoms with E-state index in [0.717, 1.165) is 32.2 Å². The molecule has 0 saturated carbocycles. The molecule has 0 N–H and O–H groups in total. The van der Waals surface area contributed by atoms with E-state index in [0.29, 0.717) is 48.2 Å². The molecule has 0 saturated heterocycles. The molecule has 1 aliphatic heterocycles. The van der Waals surface area contributed by atoms with Crippen molar-refractivity contribution in [2.24, 2.45) is 5.92 Å². The van der Waals surface area contributed by atoms with Crippen molar-refractivity contribution in [1.82, 2.24) is 19.2 Å². The number of hydrogen-bond acceptors (Lipinski definition) is 7. The molecule has 10 heteroatoms. The molecular weight excluding hydrogens is 603 g/mol. The van der Waals surface area contributed by atoms with Crippen LogP contribution in [0.4, 0.5) is 11.4 Å². The summed E-state index contributed by atoms with van der Waals surface area (Å²) in [5, 5.41) is 10.4. The number of rotatable bonds is 9. The van der Waals surface area contributed by atoms with Crippen LogP contribution in [0.25, 0.3) is 16.0 Å². The summed E-state index contributed by atoms with van der Waals surface area (Å²) in [5.41, 5.74) is 3.76. The van der Waals surface area contributed by atoms with Gasteiger partial charge in [0.15, 0.2) is 5.16 Å². The third-order valence-electron chi connectivity index (χ3n) is 8.24. The van der Waals surface area contributed by atoms with Gasteiger partial charge in [0, 0.05) is 29.2 Å². The largest absolute Gasteiger partial charge is 0.372 e. The summed E-state index contributed by atoms with van der Waals surface area (Å²) < 4.78 is 9.92. The molecule has 7 rings (SSSR count). The number of thiophene rings is 1. The van der Waals surface area contributed by atoms with Gasteiger partial charge in [-0.25, -0.2) is 4.40 Å². The smallest absolute Gasteiger partial charge is 0.263 e. The normalized spacial score (nSPS) is 14.7. The standard InChI is InChI=1S/C35H33N5O3S2/c1-23(2)28-20-27-29(21-43-28)45-33-31(27)32(42)38(19-18-24-12-6-3-7-13-24)34-36-37-35(40(33)34)44-22-30(41)39(25-14-8-4-9-15-25)26-16-10-5-11-17-26/h3-17,23,28H,18-22H2,1-2H3/t28-/m0/s1. The first-order valence-electron chi connectivity index (χ1n) is 15.1. The molecule has 3 aromatic carbocycles. The molecule has 1 aliphatic rings. The Morgan fingerprint density at radius 3 is 2.27 bits per heavy atom. The number of hydrogen-bond donors (Lipinski definition) is 0. The molecule has 0 spiro atoms. The Labute approximate surface area is 269 Å². The van der Waals surface area contributed by atoms with Crippen molar-refractivity contribution in [2.45, 2.75) is 51.1 Å². The molecular formula is C35H33N5O3S2. The minimum atomic E-state index is -0.0820. The van der Waals surface area contributed by atoms with Crippen LogP contribution in [0.3, 0.4) is 0 Å². The summed E-state index contributed by atoms with van der Waals surface area (Å²) in [5.74, 6) is 0.878. The summed E-state index contributed by atoms with van der Waals surface area (Å²) in [6.45, 7) is 5.25. The highest BCUT2D eigenvalue weighted by Crippen LogP contribution is 2.37. The molecule has 0 aliphatic carbocycles. The van der Waals surface area contributed by atoms with E-state index in [1.807, 2.05) is 83.3 Å². The van der Waals surface area contributed by atoms with Crippen LogP contribution in [-0.2, 0) is 35.5 Å². The number of anilines is 2. The van der Waals surface area contributed by atoms with E-state index in [2.05, 4.69) is 36.2 Å². The zero-order chi connectivity index (χ0) is 30.9. The summed E-state index contributed by atoms with van der Waals surface area (Å²) in [6.07, 6.45) is 1.43. The molecule has 6 aromatic rings. The lowest BCUT2D eigenvalue weighted by atomic mass is 9.96. The summed E-state index contributed by atoms with van der Waals surface area (Å²) in [7, 11) is 0. The Morgan fingerprint density at radius 1 is 0.978 bits per heavy atom. The number of amides is 1. The number of carbonyl (C=O) groups is 1. The zero-order valence-electron chi connectivity index (χ0n) is 25.1. The number of carbonyl (C=O) groups excluding carboxylic acids is 1. The topological polar surface area (TPSA) is 81.7 Å². The van der Waals surface area contributed by atoms with Crippen LogP contribution in [0.2, 0.25) is 0 Å². The predicted octanol–water partition coefficient (Wildman–Crippen LogP) is 6.90. The summed E-state index contributed by atoms with van der Waals surface area (Å²) in [6, 6.07) is 29.4. The fourth-order valence-electron chi connectivity index (χ4n) is 5.88. The van der Waals surface area contributed by atoms with Crippen molar-refractivity contribution in [3.05, 3.63) is 117 Å². The average molecular weight is 636 g/mol. The molecule has 0 radical (unpaired) electrons. The monoisotopic (exact) mass is 635 g/mol. The van der Waals surface area contributed by atoms with Gasteiger partial charge in [0.1, 0.15) is 4.83 Å². The van der Waals surface area contributed by atoms with E-state index in [4.69, 9.17) is 4.74 Å². The lowest BCUT2D eigenvalue weighted by molar-refractivity contribution is -0.115. The Bertz CT molecular complexity index is 1980. The van der Waals surface area contributed by atoms with Crippen LogP contribution >= 0.6 is 23.1 Å². The second-order valence-corrected chi connectivity index (χ2v) is 13.5. The van der Waals surface area contributed by atoms with E-state index in [-0.39, 0.29) is 23.3 Å². The van der Waals surface area contributed by atoms with Gasteiger partial charge >= 0.3 is 0 Å². The number of ether oxygens (including phenoxy) is 1. The molecule has 8 nitrogen and oxygen atoms in total. The highest BCUT2D eigenvalue weighted by atomic mass is 32.2. The second kappa shape index (κ2) is 12.6. The molecule has 4 heterocycles. The Balaban J connectivity index is 1.29. The summed E-state index contributed by atoms with van der Waals surface area (Å²) >= 11 is 2.91. The van der Waals surface area contributed by atoms with Gasteiger partial charge in [-0.15, -0.1) is 21.5 Å². The first kappa shape index (κ1) is 29.5. The Kier molecular flexibility index (Phi) is 8.27. The van der Waals surface area contributed by atoms with E-state index in [1.165, 1.54) is 11.8 Å². The number of aromatic nitrogens is 4. The lowest BCUT2D eigenvalue weighted by Gasteiger charge is -2.26. The van der Waals surface area contributed by atoms with Crippen molar-refractivity contribution < 1.29 is 9.53 Å². The van der Waals surface area contributed by atoms with Crippen LogP contribution in [0.15, 0.2) is 101 Å². The maximum atomic E-state index is 14.2. The van der Waals surface area contributed by atoms with Crippen molar-refractivity contribution in [3.8, 4) is 0 Å². The van der Waals surface area contributed by atoms with Gasteiger partial charge < -0.3 is 4.74 Å². The molecule has 1 atom stereocenters. The van der Waals surface area contributed by atoms with E-state index in [1.54, 1.807) is 20.8 Å². The van der Waals surface area contributed by atoms with E-state index < -0.39 is 0 Å². The number of nitrogens with zero attached hydrogens (tertiary/aromatic N) is 5. The van der Waals surface area contributed by atoms with Crippen LogP contribution in [0.5, 0.6) is 0 Å². The minimum Gasteiger partial charge on any atom is -0.372 e. The summed E-state index contributed by atoms with van der Waals surface area (Å²) in [4.78, 5) is 31.7. The first-order valence-corrected chi connectivity index (χ1v) is 16.9. The number of aryl methyl sites for hydroxylation is 2. The zero-order valence-corrected chi connectivity index (χ0v) is 26.8. The third-order valence-corrected chi connectivity index (χ3v) is 10.3. The Morgan fingerprint density at radius 2 is 1.62 bits per heavy atom. The number of thioether (sulfide) groups is 1. The highest BCUT2D eigenvalue weighted by Gasteiger charge is 2.30. The van der Waals surface area contributed by atoms with E-state index in [9.17, 15) is 9.59 Å². The number of fused-ring (bicyclic) bond motifs is 5. The lowest BCUT2D eigenvalue weighted by Crippen LogP contribution is -2.29. The molecule has 0 unspecified atom stereocenters. The van der Waals surface area contributed by atoms with Gasteiger partial charge in [0.2, 0.25) is 11.7 Å². The molecule has 0 fully saturated rings. The third kappa shape index (κ3) is 5.69. The predicted molar refractivity (Wildman–Crippen MR) is 181 cm³/mol. The van der Waals surface area contributed by atoms with Crippen molar-refractivity contribution in [2.75, 3.05) is 10.7 Å². The van der Waals surface area contributed by atoms with Crippen LogP contribution in [-0.4, -0.2) is 36.9 Å². The highest BCUT2D eigenvalue weighted by molar-refractivity contribution is 7.99. The molecule has 0 bridgehead atoms. The van der Waals surface area contributed by atoms with Crippen LogP contribution in [0.1, 0.15) is 29.9 Å². The Hall–Kier alpha value is -4.25. The van der Waals surface area contributed by atoms with Crippen LogP contribution < -0.4 is 10.5 Å². The molecule has 45 heavy (non-hydrogen) atoms. The number of para-hydroxylation sites is 2. The van der Waals surface area contributed by atoms with Gasteiger partial charge in [-0.2, -0.15) is 0 Å². The van der Waals surface area contributed by atoms with Gasteiger partial charge in [0.05, 0.1) is 23.8 Å². The molecule has 1 amide bonds. The molecule has 228 valence electrons. The minimum absolute atomic E-state index is 0.0466. The fourth-order valence-corrected chi connectivity index (χ4v) is 7.96. The second-order valence-electron chi connectivity index (χ2n) is 11.5.